The Balaban J connectivity index is 3.02. The van der Waals surface area contributed by atoms with Gasteiger partial charge in [-0.1, -0.05) is 31.5 Å². The van der Waals surface area contributed by atoms with Crippen molar-refractivity contribution in [3.8, 4) is 5.75 Å². The van der Waals surface area contributed by atoms with E-state index < -0.39 is 0 Å². The Morgan fingerprint density at radius 1 is 1.40 bits per heavy atom. The average Bonchev–Trinajstić information content (AvgIpc) is 2.21. The second kappa shape index (κ2) is 4.86. The zero-order valence-electron chi connectivity index (χ0n) is 9.38. The predicted molar refractivity (Wildman–Crippen MR) is 62.6 cm³/mol. The van der Waals surface area contributed by atoms with E-state index >= 15 is 0 Å². The Bertz CT molecular complexity index is 334. The van der Waals surface area contributed by atoms with Crippen molar-refractivity contribution < 1.29 is 9.84 Å². The molecule has 2 nitrogen and oxygen atoms in total. The third-order valence-electron chi connectivity index (χ3n) is 2.38. The molecule has 0 aliphatic heterocycles. The molecule has 0 bridgehead atoms. The van der Waals surface area contributed by atoms with Crippen molar-refractivity contribution in [3.63, 3.8) is 0 Å². The van der Waals surface area contributed by atoms with Crippen LogP contribution in [-0.2, 0) is 6.42 Å². The molecule has 0 spiro atoms. The van der Waals surface area contributed by atoms with Crippen LogP contribution in [0.2, 0.25) is 5.02 Å². The maximum Gasteiger partial charge on any atom is 0.123 e. The number of rotatable bonds is 4. The van der Waals surface area contributed by atoms with E-state index in [1.807, 2.05) is 32.0 Å². The third kappa shape index (κ3) is 3.11. The zero-order chi connectivity index (χ0) is 11.5. The molecule has 0 saturated heterocycles. The van der Waals surface area contributed by atoms with E-state index in [0.29, 0.717) is 11.4 Å². The van der Waals surface area contributed by atoms with Gasteiger partial charge in [0.15, 0.2) is 0 Å². The van der Waals surface area contributed by atoms with Crippen LogP contribution >= 0.6 is 11.6 Å². The molecule has 0 saturated carbocycles. The van der Waals surface area contributed by atoms with Gasteiger partial charge in [-0.05, 0) is 24.0 Å². The van der Waals surface area contributed by atoms with E-state index in [2.05, 4.69) is 0 Å². The third-order valence-corrected chi connectivity index (χ3v) is 2.73. The Hall–Kier alpha value is -0.730. The number of methoxy groups -OCH3 is 1. The molecule has 0 aliphatic carbocycles. The molecule has 0 amide bonds. The first-order chi connectivity index (χ1) is 7.00. The summed E-state index contributed by atoms with van der Waals surface area (Å²) in [4.78, 5) is 0. The number of halogens is 1. The van der Waals surface area contributed by atoms with Gasteiger partial charge in [0.1, 0.15) is 5.75 Å². The van der Waals surface area contributed by atoms with Crippen LogP contribution in [0.4, 0.5) is 0 Å². The highest BCUT2D eigenvalue weighted by molar-refractivity contribution is 6.31. The minimum absolute atomic E-state index is 0.126. The van der Waals surface area contributed by atoms with Gasteiger partial charge >= 0.3 is 0 Å². The number of hydrogen-bond donors (Lipinski definition) is 1. The van der Waals surface area contributed by atoms with E-state index in [0.717, 1.165) is 11.3 Å². The van der Waals surface area contributed by atoms with E-state index in [9.17, 15) is 5.11 Å². The van der Waals surface area contributed by atoms with Gasteiger partial charge in [-0.3, -0.25) is 0 Å². The number of aliphatic hydroxyl groups is 1. The Morgan fingerprint density at radius 2 is 2.07 bits per heavy atom. The van der Waals surface area contributed by atoms with Gasteiger partial charge in [0.05, 0.1) is 7.11 Å². The van der Waals surface area contributed by atoms with Crippen molar-refractivity contribution in [2.75, 3.05) is 13.7 Å². The second-order valence-electron chi connectivity index (χ2n) is 4.42. The maximum absolute atomic E-state index is 9.23. The standard InChI is InChI=1S/C12H17ClO2/c1-12(2,8-14)7-9-10(13)5-4-6-11(9)15-3/h4-6,14H,7-8H2,1-3H3. The smallest absolute Gasteiger partial charge is 0.123 e. The normalized spacial score (nSPS) is 11.5. The molecular formula is C12H17ClO2. The van der Waals surface area contributed by atoms with E-state index in [1.165, 1.54) is 0 Å². The first-order valence-electron chi connectivity index (χ1n) is 4.92. The number of aliphatic hydroxyl groups excluding tert-OH is 1. The molecule has 1 aromatic rings. The Kier molecular flexibility index (Phi) is 4.00. The van der Waals surface area contributed by atoms with Crippen LogP contribution in [0.25, 0.3) is 0 Å². The lowest BCUT2D eigenvalue weighted by atomic mass is 9.86. The summed E-state index contributed by atoms with van der Waals surface area (Å²) in [6, 6.07) is 5.58. The van der Waals surface area contributed by atoms with Crippen LogP contribution < -0.4 is 4.74 Å². The van der Waals surface area contributed by atoms with Crippen LogP contribution in [0.1, 0.15) is 19.4 Å². The summed E-state index contributed by atoms with van der Waals surface area (Å²) in [6.07, 6.45) is 0.701. The van der Waals surface area contributed by atoms with Crippen molar-refractivity contribution in [1.82, 2.24) is 0 Å². The zero-order valence-corrected chi connectivity index (χ0v) is 10.1. The molecular weight excluding hydrogens is 212 g/mol. The minimum atomic E-state index is -0.182. The number of benzene rings is 1. The van der Waals surface area contributed by atoms with Crippen LogP contribution in [0.3, 0.4) is 0 Å². The fourth-order valence-corrected chi connectivity index (χ4v) is 1.67. The van der Waals surface area contributed by atoms with Crippen molar-refractivity contribution >= 4 is 11.6 Å². The van der Waals surface area contributed by atoms with Crippen molar-refractivity contribution in [1.29, 1.82) is 0 Å². The Labute approximate surface area is 95.8 Å². The molecule has 84 valence electrons. The molecule has 1 aromatic carbocycles. The summed E-state index contributed by atoms with van der Waals surface area (Å²) in [5.74, 6) is 0.782. The average molecular weight is 229 g/mol. The van der Waals surface area contributed by atoms with Gasteiger partial charge in [-0.15, -0.1) is 0 Å². The molecule has 0 radical (unpaired) electrons. The highest BCUT2D eigenvalue weighted by Gasteiger charge is 2.21. The molecule has 0 atom stereocenters. The Morgan fingerprint density at radius 3 is 2.60 bits per heavy atom. The van der Waals surface area contributed by atoms with Gasteiger partial charge in [0.2, 0.25) is 0 Å². The summed E-state index contributed by atoms with van der Waals surface area (Å²) in [5, 5.41) is 9.92. The highest BCUT2D eigenvalue weighted by atomic mass is 35.5. The largest absolute Gasteiger partial charge is 0.496 e. The lowest BCUT2D eigenvalue weighted by Gasteiger charge is -2.23. The van der Waals surface area contributed by atoms with E-state index in [4.69, 9.17) is 16.3 Å². The van der Waals surface area contributed by atoms with Gasteiger partial charge in [-0.25, -0.2) is 0 Å². The van der Waals surface area contributed by atoms with Crippen molar-refractivity contribution in [2.24, 2.45) is 5.41 Å². The first-order valence-corrected chi connectivity index (χ1v) is 5.30. The molecule has 0 unspecified atom stereocenters. The van der Waals surface area contributed by atoms with Gasteiger partial charge in [-0.2, -0.15) is 0 Å². The van der Waals surface area contributed by atoms with Gasteiger partial charge in [0, 0.05) is 17.2 Å². The predicted octanol–water partition coefficient (Wildman–Crippen LogP) is 2.91. The van der Waals surface area contributed by atoms with Crippen molar-refractivity contribution in [3.05, 3.63) is 28.8 Å². The quantitative estimate of drug-likeness (QED) is 0.859. The SMILES string of the molecule is COc1cccc(Cl)c1CC(C)(C)CO. The molecule has 0 heterocycles. The summed E-state index contributed by atoms with van der Waals surface area (Å²) in [5.41, 5.74) is 0.777. The highest BCUT2D eigenvalue weighted by Crippen LogP contribution is 2.32. The second-order valence-corrected chi connectivity index (χ2v) is 4.83. The van der Waals surface area contributed by atoms with Crippen LogP contribution in [0.15, 0.2) is 18.2 Å². The fraction of sp³-hybridized carbons (Fsp3) is 0.500. The topological polar surface area (TPSA) is 29.5 Å². The number of hydrogen-bond acceptors (Lipinski definition) is 2. The summed E-state index contributed by atoms with van der Waals surface area (Å²) in [7, 11) is 1.63. The summed E-state index contributed by atoms with van der Waals surface area (Å²) >= 11 is 6.11. The molecule has 1 rings (SSSR count). The summed E-state index contributed by atoms with van der Waals surface area (Å²) in [6.45, 7) is 4.12. The fourth-order valence-electron chi connectivity index (χ4n) is 1.44. The first kappa shape index (κ1) is 12.3. The summed E-state index contributed by atoms with van der Waals surface area (Å²) < 4.78 is 5.25. The van der Waals surface area contributed by atoms with Crippen LogP contribution in [0, 0.1) is 5.41 Å². The monoisotopic (exact) mass is 228 g/mol. The van der Waals surface area contributed by atoms with Crippen LogP contribution in [-0.4, -0.2) is 18.8 Å². The minimum Gasteiger partial charge on any atom is -0.496 e. The lowest BCUT2D eigenvalue weighted by Crippen LogP contribution is -2.20. The molecule has 3 heteroatoms. The lowest BCUT2D eigenvalue weighted by molar-refractivity contribution is 0.159. The molecule has 0 fully saturated rings. The maximum atomic E-state index is 9.23. The van der Waals surface area contributed by atoms with Crippen molar-refractivity contribution in [2.45, 2.75) is 20.3 Å². The molecule has 15 heavy (non-hydrogen) atoms. The van der Waals surface area contributed by atoms with Crippen LogP contribution in [0.5, 0.6) is 5.75 Å². The molecule has 0 aromatic heterocycles. The molecule has 0 aliphatic rings. The number of ether oxygens (including phenoxy) is 1. The van der Waals surface area contributed by atoms with E-state index in [1.54, 1.807) is 7.11 Å². The van der Waals surface area contributed by atoms with Gasteiger partial charge in [0.25, 0.3) is 0 Å². The molecule has 1 N–H and O–H groups in total. The van der Waals surface area contributed by atoms with Gasteiger partial charge < -0.3 is 9.84 Å². The van der Waals surface area contributed by atoms with E-state index in [-0.39, 0.29) is 12.0 Å².